The lowest BCUT2D eigenvalue weighted by Gasteiger charge is -2.21. The van der Waals surface area contributed by atoms with Crippen LogP contribution in [0.15, 0.2) is 22.5 Å². The van der Waals surface area contributed by atoms with Gasteiger partial charge in [-0.2, -0.15) is 5.26 Å². The molecular weight excluding hydrogens is 274 g/mol. The van der Waals surface area contributed by atoms with Crippen molar-refractivity contribution in [3.05, 3.63) is 22.4 Å². The van der Waals surface area contributed by atoms with E-state index in [0.717, 1.165) is 0 Å². The average Bonchev–Trinajstić information content (AvgIpc) is 2.92. The van der Waals surface area contributed by atoms with Crippen molar-refractivity contribution in [2.75, 3.05) is 27.2 Å². The van der Waals surface area contributed by atoms with Gasteiger partial charge in [0, 0.05) is 11.1 Å². The third-order valence-electron chi connectivity index (χ3n) is 2.71. The van der Waals surface area contributed by atoms with Crippen LogP contribution in [-0.4, -0.2) is 44.3 Å². The number of hydrogen-bond acceptors (Lipinski definition) is 6. The van der Waals surface area contributed by atoms with E-state index in [2.05, 4.69) is 16.0 Å². The minimum Gasteiger partial charge on any atom is -0.465 e. The highest BCUT2D eigenvalue weighted by atomic mass is 32.1. The fraction of sp³-hybridized carbons (Fsp3) is 0.500. The summed E-state index contributed by atoms with van der Waals surface area (Å²) < 4.78 is 4.81. The molecule has 2 atom stereocenters. The smallest absolute Gasteiger partial charge is 0.328 e. The molecule has 6 heteroatoms. The summed E-state index contributed by atoms with van der Waals surface area (Å²) in [6, 6.07) is 6.09. The number of hydrogen-bond donors (Lipinski definition) is 0. The Kier molecular flexibility index (Phi) is 6.91. The molecule has 5 nitrogen and oxygen atoms in total. The zero-order valence-electron chi connectivity index (χ0n) is 11.9. The molecule has 0 aliphatic rings. The molecule has 20 heavy (non-hydrogen) atoms. The zero-order chi connectivity index (χ0) is 15.0. The molecule has 0 N–H and O–H groups in total. The van der Waals surface area contributed by atoms with Crippen LogP contribution in [0.2, 0.25) is 0 Å². The van der Waals surface area contributed by atoms with E-state index in [1.807, 2.05) is 31.6 Å². The van der Waals surface area contributed by atoms with Crippen LogP contribution in [0.25, 0.3) is 0 Å². The fourth-order valence-electron chi connectivity index (χ4n) is 1.63. The van der Waals surface area contributed by atoms with Gasteiger partial charge in [-0.1, -0.05) is 6.07 Å². The van der Waals surface area contributed by atoms with E-state index >= 15 is 0 Å². The Balaban J connectivity index is 2.65. The number of nitrogens with zero attached hydrogens (tertiary/aromatic N) is 3. The predicted molar refractivity (Wildman–Crippen MR) is 79.8 cm³/mol. The molecule has 0 aromatic carbocycles. The first kappa shape index (κ1) is 16.3. The Morgan fingerprint density at radius 2 is 2.40 bits per heavy atom. The highest BCUT2D eigenvalue weighted by molar-refractivity contribution is 7.10. The van der Waals surface area contributed by atoms with Crippen molar-refractivity contribution in [1.82, 2.24) is 4.90 Å². The van der Waals surface area contributed by atoms with E-state index < -0.39 is 11.9 Å². The first-order valence-corrected chi connectivity index (χ1v) is 7.24. The molecule has 0 spiro atoms. The maximum atomic E-state index is 11.5. The summed E-state index contributed by atoms with van der Waals surface area (Å²) in [5.74, 6) is -1.47. The number of thiophene rings is 1. The molecule has 0 fully saturated rings. The Morgan fingerprint density at radius 1 is 1.65 bits per heavy atom. The lowest BCUT2D eigenvalue weighted by Crippen LogP contribution is -2.22. The number of likely N-dealkylation sites (N-methyl/N-ethyl adjacent to an activating group) is 1. The highest BCUT2D eigenvalue weighted by Gasteiger charge is 2.18. The molecule has 108 valence electrons. The third kappa shape index (κ3) is 4.76. The van der Waals surface area contributed by atoms with Crippen LogP contribution in [-0.2, 0) is 9.53 Å². The van der Waals surface area contributed by atoms with Gasteiger partial charge in [-0.05, 0) is 32.5 Å². The second kappa shape index (κ2) is 8.46. The van der Waals surface area contributed by atoms with Gasteiger partial charge in [0.15, 0.2) is 5.92 Å². The van der Waals surface area contributed by atoms with E-state index in [-0.39, 0.29) is 12.6 Å². The van der Waals surface area contributed by atoms with E-state index in [1.54, 1.807) is 18.3 Å². The summed E-state index contributed by atoms with van der Waals surface area (Å²) in [4.78, 5) is 19.0. The maximum Gasteiger partial charge on any atom is 0.328 e. The molecule has 0 aliphatic heterocycles. The van der Waals surface area contributed by atoms with Gasteiger partial charge in [0.25, 0.3) is 0 Å². The fourth-order valence-corrected chi connectivity index (χ4v) is 2.55. The number of carbonyl (C=O) groups excluding carboxylic acids is 1. The quantitative estimate of drug-likeness (QED) is 0.570. The van der Waals surface area contributed by atoms with Crippen LogP contribution in [0.5, 0.6) is 0 Å². The van der Waals surface area contributed by atoms with Gasteiger partial charge in [-0.25, -0.2) is 0 Å². The van der Waals surface area contributed by atoms with Crippen LogP contribution in [0.1, 0.15) is 17.8 Å². The largest absolute Gasteiger partial charge is 0.465 e. The van der Waals surface area contributed by atoms with Gasteiger partial charge in [-0.3, -0.25) is 9.79 Å². The van der Waals surface area contributed by atoms with Crippen LogP contribution in [0.4, 0.5) is 0 Å². The van der Waals surface area contributed by atoms with Gasteiger partial charge < -0.3 is 9.64 Å². The summed E-state index contributed by atoms with van der Waals surface area (Å²) in [6.45, 7) is 2.48. The highest BCUT2D eigenvalue weighted by Crippen LogP contribution is 2.23. The summed E-state index contributed by atoms with van der Waals surface area (Å²) in [5.41, 5.74) is 0. The second-order valence-electron chi connectivity index (χ2n) is 4.37. The van der Waals surface area contributed by atoms with Crippen molar-refractivity contribution in [2.45, 2.75) is 13.0 Å². The van der Waals surface area contributed by atoms with Crippen LogP contribution >= 0.6 is 11.3 Å². The Hall–Kier alpha value is -1.71. The molecule has 0 saturated carbocycles. The topological polar surface area (TPSA) is 65.7 Å². The minimum absolute atomic E-state index is 0.146. The molecular formula is C14H19N3O2S. The Bertz CT molecular complexity index is 477. The molecule has 0 unspecified atom stereocenters. The summed E-state index contributed by atoms with van der Waals surface area (Å²) in [5, 5.41) is 11.0. The zero-order valence-corrected chi connectivity index (χ0v) is 12.8. The number of ether oxygens (including phenoxy) is 1. The van der Waals surface area contributed by atoms with Crippen molar-refractivity contribution < 1.29 is 9.53 Å². The van der Waals surface area contributed by atoms with Crippen molar-refractivity contribution in [3.8, 4) is 6.07 Å². The lowest BCUT2D eigenvalue weighted by molar-refractivity contribution is -0.143. The monoisotopic (exact) mass is 293 g/mol. The molecule has 1 aromatic rings. The van der Waals surface area contributed by atoms with E-state index in [0.29, 0.717) is 6.54 Å². The van der Waals surface area contributed by atoms with E-state index in [4.69, 9.17) is 10.00 Å². The number of carbonyl (C=O) groups is 1. The SMILES string of the molecule is CCOC(=O)[C@H](C#N)C=NC[C@H](c1cccs1)N(C)C. The molecule has 0 bridgehead atoms. The van der Waals surface area contributed by atoms with Gasteiger partial charge >= 0.3 is 5.97 Å². The summed E-state index contributed by atoms with van der Waals surface area (Å²) in [7, 11) is 3.96. The molecule has 1 aromatic heterocycles. The normalized spacial score (nSPS) is 14.2. The second-order valence-corrected chi connectivity index (χ2v) is 5.35. The van der Waals surface area contributed by atoms with E-state index in [1.165, 1.54) is 11.1 Å². The molecule has 0 aliphatic carbocycles. The molecule has 1 rings (SSSR count). The molecule has 1 heterocycles. The molecule has 0 amide bonds. The first-order chi connectivity index (χ1) is 9.60. The van der Waals surface area contributed by atoms with Crippen LogP contribution in [0.3, 0.4) is 0 Å². The predicted octanol–water partition coefficient (Wildman–Crippen LogP) is 2.12. The van der Waals surface area contributed by atoms with Gasteiger partial charge in [-0.15, -0.1) is 11.3 Å². The van der Waals surface area contributed by atoms with Crippen molar-refractivity contribution >= 4 is 23.5 Å². The number of nitriles is 1. The Labute approximate surface area is 123 Å². The number of rotatable bonds is 7. The van der Waals surface area contributed by atoms with E-state index in [9.17, 15) is 4.79 Å². The Morgan fingerprint density at radius 3 is 2.90 bits per heavy atom. The van der Waals surface area contributed by atoms with Crippen molar-refractivity contribution in [1.29, 1.82) is 5.26 Å². The van der Waals surface area contributed by atoms with Crippen molar-refractivity contribution in [2.24, 2.45) is 10.9 Å². The minimum atomic E-state index is -0.930. The number of aliphatic imine (C=N–C) groups is 1. The standard InChI is InChI=1S/C14H19N3O2S/c1-4-19-14(18)11(8-15)9-16-10-12(17(2)3)13-6-5-7-20-13/h5-7,9,11-12H,4,10H2,1-3H3/t11-,12-/m1/s1. The first-order valence-electron chi connectivity index (χ1n) is 6.36. The summed E-state index contributed by atoms with van der Waals surface area (Å²) in [6.07, 6.45) is 1.38. The van der Waals surface area contributed by atoms with Gasteiger partial charge in [0.1, 0.15) is 0 Å². The third-order valence-corrected chi connectivity index (χ3v) is 3.68. The van der Waals surface area contributed by atoms with Gasteiger partial charge in [0.2, 0.25) is 0 Å². The number of esters is 1. The van der Waals surface area contributed by atoms with Crippen LogP contribution in [0, 0.1) is 17.2 Å². The van der Waals surface area contributed by atoms with Crippen molar-refractivity contribution in [3.63, 3.8) is 0 Å². The lowest BCUT2D eigenvalue weighted by atomic mass is 10.2. The average molecular weight is 293 g/mol. The molecule has 0 saturated heterocycles. The molecule has 0 radical (unpaired) electrons. The van der Waals surface area contributed by atoms with Crippen LogP contribution < -0.4 is 0 Å². The summed E-state index contributed by atoms with van der Waals surface area (Å²) >= 11 is 1.67. The maximum absolute atomic E-state index is 11.5. The van der Waals surface area contributed by atoms with Gasteiger partial charge in [0.05, 0.1) is 25.3 Å².